The molecule has 0 bridgehead atoms. The van der Waals surface area contributed by atoms with Crippen molar-refractivity contribution in [1.82, 2.24) is 9.97 Å². The van der Waals surface area contributed by atoms with E-state index in [2.05, 4.69) is 68.8 Å². The van der Waals surface area contributed by atoms with E-state index in [1.54, 1.807) is 6.20 Å². The first-order valence-corrected chi connectivity index (χ1v) is 9.55. The molecule has 138 valence electrons. The first kappa shape index (κ1) is 17.3. The summed E-state index contributed by atoms with van der Waals surface area (Å²) in [6.07, 6.45) is 5.69. The van der Waals surface area contributed by atoms with Gasteiger partial charge in [0.1, 0.15) is 5.82 Å². The number of aryl methyl sites for hydroxylation is 1. The van der Waals surface area contributed by atoms with Crippen LogP contribution in [0.1, 0.15) is 24.8 Å². The van der Waals surface area contributed by atoms with E-state index in [1.165, 1.54) is 30.5 Å². The zero-order valence-electron chi connectivity index (χ0n) is 15.7. The maximum absolute atomic E-state index is 4.55. The lowest BCUT2D eigenvalue weighted by atomic mass is 10.1. The van der Waals surface area contributed by atoms with Crippen LogP contribution in [0.2, 0.25) is 0 Å². The van der Waals surface area contributed by atoms with Gasteiger partial charge in [-0.25, -0.2) is 4.98 Å². The predicted molar refractivity (Wildman–Crippen MR) is 112 cm³/mol. The third-order valence-corrected chi connectivity index (χ3v) is 4.82. The zero-order valence-corrected chi connectivity index (χ0v) is 15.7. The van der Waals surface area contributed by atoms with Crippen LogP contribution in [0.4, 0.5) is 28.8 Å². The highest BCUT2D eigenvalue weighted by molar-refractivity contribution is 5.62. The van der Waals surface area contributed by atoms with Crippen LogP contribution in [0.5, 0.6) is 0 Å². The molecule has 0 spiro atoms. The molecule has 2 aromatic carbocycles. The van der Waals surface area contributed by atoms with E-state index in [0.29, 0.717) is 5.95 Å². The number of nitrogens with one attached hydrogen (secondary N) is 2. The van der Waals surface area contributed by atoms with E-state index in [9.17, 15) is 0 Å². The monoisotopic (exact) mass is 359 g/mol. The van der Waals surface area contributed by atoms with Crippen LogP contribution in [0, 0.1) is 6.92 Å². The Morgan fingerprint density at radius 3 is 2.19 bits per heavy atom. The van der Waals surface area contributed by atoms with Crippen LogP contribution >= 0.6 is 0 Å². The normalized spacial score (nSPS) is 14.0. The summed E-state index contributed by atoms with van der Waals surface area (Å²) in [5.41, 5.74) is 4.52. The Kier molecular flexibility index (Phi) is 5.19. The Morgan fingerprint density at radius 1 is 0.778 bits per heavy atom. The van der Waals surface area contributed by atoms with E-state index in [0.717, 1.165) is 30.3 Å². The number of hydrogen-bond acceptors (Lipinski definition) is 5. The smallest absolute Gasteiger partial charge is 0.229 e. The molecule has 5 heteroatoms. The van der Waals surface area contributed by atoms with Crippen molar-refractivity contribution in [3.05, 3.63) is 66.4 Å². The molecule has 1 fully saturated rings. The minimum Gasteiger partial charge on any atom is -0.372 e. The molecule has 0 atom stereocenters. The van der Waals surface area contributed by atoms with Crippen LogP contribution in [-0.4, -0.2) is 23.1 Å². The van der Waals surface area contributed by atoms with Gasteiger partial charge in [0, 0.05) is 36.3 Å². The first-order chi connectivity index (χ1) is 13.3. The zero-order chi connectivity index (χ0) is 18.5. The maximum Gasteiger partial charge on any atom is 0.229 e. The molecular weight excluding hydrogens is 334 g/mol. The summed E-state index contributed by atoms with van der Waals surface area (Å²) in [5.74, 6) is 1.35. The van der Waals surface area contributed by atoms with Gasteiger partial charge in [-0.1, -0.05) is 17.7 Å². The molecule has 0 aliphatic carbocycles. The fourth-order valence-corrected chi connectivity index (χ4v) is 3.31. The Balaban J connectivity index is 1.42. The number of nitrogens with zero attached hydrogens (tertiary/aromatic N) is 3. The molecule has 0 unspecified atom stereocenters. The van der Waals surface area contributed by atoms with E-state index < -0.39 is 0 Å². The Morgan fingerprint density at radius 2 is 1.44 bits per heavy atom. The second-order valence-corrected chi connectivity index (χ2v) is 6.98. The molecule has 1 aliphatic rings. The summed E-state index contributed by atoms with van der Waals surface area (Å²) >= 11 is 0. The van der Waals surface area contributed by atoms with Crippen molar-refractivity contribution < 1.29 is 0 Å². The van der Waals surface area contributed by atoms with Gasteiger partial charge < -0.3 is 15.5 Å². The lowest BCUT2D eigenvalue weighted by molar-refractivity contribution is 0.578. The van der Waals surface area contributed by atoms with Crippen molar-refractivity contribution in [1.29, 1.82) is 0 Å². The molecule has 0 radical (unpaired) electrons. The van der Waals surface area contributed by atoms with E-state index in [-0.39, 0.29) is 0 Å². The van der Waals surface area contributed by atoms with Gasteiger partial charge >= 0.3 is 0 Å². The van der Waals surface area contributed by atoms with Gasteiger partial charge in [0.05, 0.1) is 0 Å². The van der Waals surface area contributed by atoms with E-state index >= 15 is 0 Å². The molecule has 5 nitrogen and oxygen atoms in total. The molecule has 3 aromatic rings. The van der Waals surface area contributed by atoms with Crippen molar-refractivity contribution in [2.24, 2.45) is 0 Å². The van der Waals surface area contributed by atoms with E-state index in [1.807, 2.05) is 18.2 Å². The molecule has 27 heavy (non-hydrogen) atoms. The maximum atomic E-state index is 4.55. The molecular formula is C22H25N5. The molecule has 1 aliphatic heterocycles. The van der Waals surface area contributed by atoms with Crippen LogP contribution in [0.3, 0.4) is 0 Å². The standard InChI is InChI=1S/C22H25N5/c1-17-5-7-19(8-6-17)25-22-23-14-13-21(26-22)24-18-9-11-20(12-10-18)27-15-3-2-4-16-27/h5-14H,2-4,15-16H2,1H3,(H2,23,24,25,26). The summed E-state index contributed by atoms with van der Waals surface area (Å²) in [7, 11) is 0. The highest BCUT2D eigenvalue weighted by Gasteiger charge is 2.10. The highest BCUT2D eigenvalue weighted by atomic mass is 15.1. The molecule has 4 rings (SSSR count). The highest BCUT2D eigenvalue weighted by Crippen LogP contribution is 2.23. The van der Waals surface area contributed by atoms with Crippen molar-refractivity contribution in [2.75, 3.05) is 28.6 Å². The van der Waals surface area contributed by atoms with Gasteiger partial charge in [-0.2, -0.15) is 4.98 Å². The molecule has 2 N–H and O–H groups in total. The van der Waals surface area contributed by atoms with Gasteiger partial charge in [0.25, 0.3) is 0 Å². The van der Waals surface area contributed by atoms with Crippen LogP contribution in [-0.2, 0) is 0 Å². The van der Waals surface area contributed by atoms with Gasteiger partial charge in [0.15, 0.2) is 0 Å². The van der Waals surface area contributed by atoms with Gasteiger partial charge in [-0.05, 0) is 68.7 Å². The number of aromatic nitrogens is 2. The second-order valence-electron chi connectivity index (χ2n) is 6.98. The van der Waals surface area contributed by atoms with Gasteiger partial charge in [0.2, 0.25) is 5.95 Å². The average molecular weight is 359 g/mol. The molecule has 0 amide bonds. The molecule has 2 heterocycles. The average Bonchev–Trinajstić information content (AvgIpc) is 2.71. The first-order valence-electron chi connectivity index (χ1n) is 9.55. The van der Waals surface area contributed by atoms with Crippen LogP contribution < -0.4 is 15.5 Å². The number of rotatable bonds is 5. The van der Waals surface area contributed by atoms with Crippen molar-refractivity contribution >= 4 is 28.8 Å². The van der Waals surface area contributed by atoms with Gasteiger partial charge in [-0.3, -0.25) is 0 Å². The SMILES string of the molecule is Cc1ccc(Nc2nccc(Nc3ccc(N4CCCCC4)cc3)n2)cc1. The van der Waals surface area contributed by atoms with Crippen molar-refractivity contribution in [2.45, 2.75) is 26.2 Å². The second kappa shape index (κ2) is 8.08. The van der Waals surface area contributed by atoms with E-state index in [4.69, 9.17) is 0 Å². The minimum atomic E-state index is 0.578. The summed E-state index contributed by atoms with van der Waals surface area (Å²) in [5, 5.41) is 6.60. The largest absolute Gasteiger partial charge is 0.372 e. The predicted octanol–water partition coefficient (Wildman–Crippen LogP) is 5.26. The quantitative estimate of drug-likeness (QED) is 0.650. The van der Waals surface area contributed by atoms with Gasteiger partial charge in [-0.15, -0.1) is 0 Å². The molecule has 1 saturated heterocycles. The fourth-order valence-electron chi connectivity index (χ4n) is 3.31. The third kappa shape index (κ3) is 4.56. The Hall–Kier alpha value is -3.08. The van der Waals surface area contributed by atoms with Crippen LogP contribution in [0.25, 0.3) is 0 Å². The van der Waals surface area contributed by atoms with Crippen LogP contribution in [0.15, 0.2) is 60.8 Å². The third-order valence-electron chi connectivity index (χ3n) is 4.82. The fraction of sp³-hybridized carbons (Fsp3) is 0.273. The number of benzene rings is 2. The summed E-state index contributed by atoms with van der Waals surface area (Å²) in [4.78, 5) is 11.3. The number of hydrogen-bond donors (Lipinski definition) is 2. The summed E-state index contributed by atoms with van der Waals surface area (Å²) in [6, 6.07) is 18.6. The molecule has 1 aromatic heterocycles. The summed E-state index contributed by atoms with van der Waals surface area (Å²) in [6.45, 7) is 4.39. The Labute approximate surface area is 160 Å². The molecule has 0 saturated carbocycles. The number of anilines is 5. The number of piperidine rings is 1. The summed E-state index contributed by atoms with van der Waals surface area (Å²) < 4.78 is 0. The lowest BCUT2D eigenvalue weighted by Gasteiger charge is -2.28. The topological polar surface area (TPSA) is 53.1 Å². The van der Waals surface area contributed by atoms with Crippen molar-refractivity contribution in [3.8, 4) is 0 Å². The minimum absolute atomic E-state index is 0.578. The Bertz CT molecular complexity index is 868. The van der Waals surface area contributed by atoms with Crippen molar-refractivity contribution in [3.63, 3.8) is 0 Å². The lowest BCUT2D eigenvalue weighted by Crippen LogP contribution is -2.29.